The van der Waals surface area contributed by atoms with Gasteiger partial charge in [0.15, 0.2) is 11.4 Å². The summed E-state index contributed by atoms with van der Waals surface area (Å²) in [4.78, 5) is 48.5. The molecule has 0 aliphatic heterocycles. The monoisotopic (exact) mass is 478 g/mol. The van der Waals surface area contributed by atoms with Gasteiger partial charge in [-0.3, -0.25) is 9.59 Å². The van der Waals surface area contributed by atoms with E-state index in [0.29, 0.717) is 15.8 Å². The lowest BCUT2D eigenvalue weighted by Gasteiger charge is -2.11. The number of thiazole rings is 2. The van der Waals surface area contributed by atoms with E-state index < -0.39 is 35.9 Å². The standard InChI is InChI=1S/C19H22N6O5S2/c1-7(20)16-25-13(10(4)30-16)15(27)22-9(3)17-23-11(5-31-17)14(26)21-8(2)18-24-12(6-32-18)19(28)29/h5-9H,20H2,1-4H3,(H,21,26)(H,22,27)(H,28,29)/t7-,8-,9-/m1/s1. The molecule has 0 unspecified atom stereocenters. The number of rotatable bonds is 8. The second-order valence-electron chi connectivity index (χ2n) is 7.08. The number of carbonyl (C=O) groups excluding carboxylic acids is 2. The maximum Gasteiger partial charge on any atom is 0.355 e. The minimum Gasteiger partial charge on any atom is -0.476 e. The van der Waals surface area contributed by atoms with Crippen molar-refractivity contribution in [3.8, 4) is 0 Å². The Balaban J connectivity index is 1.63. The van der Waals surface area contributed by atoms with Crippen LogP contribution in [0.5, 0.6) is 0 Å². The molecule has 0 aliphatic carbocycles. The van der Waals surface area contributed by atoms with Crippen LogP contribution >= 0.6 is 22.7 Å². The molecule has 5 N–H and O–H groups in total. The average Bonchev–Trinajstić information content (AvgIpc) is 3.46. The summed E-state index contributed by atoms with van der Waals surface area (Å²) in [6.07, 6.45) is 0. The van der Waals surface area contributed by atoms with E-state index in [9.17, 15) is 14.4 Å². The van der Waals surface area contributed by atoms with E-state index in [0.717, 1.165) is 11.3 Å². The summed E-state index contributed by atoms with van der Waals surface area (Å²) in [5.74, 6) is -1.35. The SMILES string of the molecule is Cc1oc([C@@H](C)N)nc1C(=O)N[C@H](C)c1nc(C(=O)N[C@H](C)c2nc(C(=O)O)cs2)cs1. The molecule has 170 valence electrons. The highest BCUT2D eigenvalue weighted by molar-refractivity contribution is 7.10. The Labute approximate surface area is 191 Å². The van der Waals surface area contributed by atoms with Crippen molar-refractivity contribution in [2.75, 3.05) is 0 Å². The molecule has 0 aromatic carbocycles. The zero-order valence-corrected chi connectivity index (χ0v) is 19.3. The van der Waals surface area contributed by atoms with Crippen LogP contribution in [-0.2, 0) is 0 Å². The van der Waals surface area contributed by atoms with Gasteiger partial charge < -0.3 is 25.9 Å². The molecule has 11 nitrogen and oxygen atoms in total. The van der Waals surface area contributed by atoms with Gasteiger partial charge in [-0.05, 0) is 27.7 Å². The Kier molecular flexibility index (Phi) is 7.01. The van der Waals surface area contributed by atoms with Crippen molar-refractivity contribution in [3.63, 3.8) is 0 Å². The Hall–Kier alpha value is -3.16. The molecular formula is C19H22N6O5S2. The molecular weight excluding hydrogens is 456 g/mol. The van der Waals surface area contributed by atoms with E-state index in [1.807, 2.05) is 0 Å². The van der Waals surface area contributed by atoms with Crippen LogP contribution in [0.2, 0.25) is 0 Å². The molecule has 0 spiro atoms. The summed E-state index contributed by atoms with van der Waals surface area (Å²) in [5, 5.41) is 18.5. The number of nitrogens with two attached hydrogens (primary N) is 1. The third kappa shape index (κ3) is 5.18. The predicted molar refractivity (Wildman–Crippen MR) is 117 cm³/mol. The Morgan fingerprint density at radius 1 is 0.969 bits per heavy atom. The zero-order valence-electron chi connectivity index (χ0n) is 17.7. The van der Waals surface area contributed by atoms with E-state index in [1.165, 1.54) is 16.7 Å². The number of nitrogens with one attached hydrogen (secondary N) is 2. The van der Waals surface area contributed by atoms with Crippen molar-refractivity contribution in [3.05, 3.63) is 49.5 Å². The zero-order chi connectivity index (χ0) is 23.6. The molecule has 3 aromatic rings. The Bertz CT molecular complexity index is 1150. The fraction of sp³-hybridized carbons (Fsp3) is 0.368. The molecule has 0 saturated heterocycles. The van der Waals surface area contributed by atoms with Crippen molar-refractivity contribution in [2.45, 2.75) is 45.8 Å². The summed E-state index contributed by atoms with van der Waals surface area (Å²) < 4.78 is 5.41. The molecule has 0 fully saturated rings. The highest BCUT2D eigenvalue weighted by Gasteiger charge is 2.23. The van der Waals surface area contributed by atoms with Gasteiger partial charge >= 0.3 is 5.97 Å². The number of carboxylic acid groups (broad SMARTS) is 1. The van der Waals surface area contributed by atoms with Gasteiger partial charge in [-0.25, -0.2) is 19.7 Å². The lowest BCUT2D eigenvalue weighted by molar-refractivity contribution is 0.0690. The van der Waals surface area contributed by atoms with Gasteiger partial charge in [-0.1, -0.05) is 0 Å². The largest absolute Gasteiger partial charge is 0.476 e. The molecule has 0 radical (unpaired) electrons. The van der Waals surface area contributed by atoms with Crippen molar-refractivity contribution in [2.24, 2.45) is 5.73 Å². The second kappa shape index (κ2) is 9.54. The van der Waals surface area contributed by atoms with Crippen molar-refractivity contribution in [1.29, 1.82) is 0 Å². The normalized spacial score (nSPS) is 13.9. The second-order valence-corrected chi connectivity index (χ2v) is 8.86. The third-order valence-corrected chi connectivity index (χ3v) is 6.40. The summed E-state index contributed by atoms with van der Waals surface area (Å²) in [6.45, 7) is 6.78. The first-order valence-corrected chi connectivity index (χ1v) is 11.3. The van der Waals surface area contributed by atoms with Gasteiger partial charge in [0, 0.05) is 10.8 Å². The molecule has 0 bridgehead atoms. The molecule has 2 amide bonds. The van der Waals surface area contributed by atoms with E-state index >= 15 is 0 Å². The van der Waals surface area contributed by atoms with Crippen LogP contribution in [0.3, 0.4) is 0 Å². The summed E-state index contributed by atoms with van der Waals surface area (Å²) in [7, 11) is 0. The van der Waals surface area contributed by atoms with Crippen LogP contribution in [0.1, 0.15) is 92.0 Å². The van der Waals surface area contributed by atoms with Crippen LogP contribution in [0.15, 0.2) is 15.2 Å². The average molecular weight is 479 g/mol. The van der Waals surface area contributed by atoms with Gasteiger partial charge in [0.1, 0.15) is 21.5 Å². The van der Waals surface area contributed by atoms with Crippen LogP contribution in [0.25, 0.3) is 0 Å². The van der Waals surface area contributed by atoms with Gasteiger partial charge in [0.05, 0.1) is 18.1 Å². The van der Waals surface area contributed by atoms with Crippen molar-refractivity contribution in [1.82, 2.24) is 25.6 Å². The van der Waals surface area contributed by atoms with E-state index in [4.69, 9.17) is 15.3 Å². The summed E-state index contributed by atoms with van der Waals surface area (Å²) >= 11 is 2.38. The van der Waals surface area contributed by atoms with E-state index in [1.54, 1.807) is 33.1 Å². The van der Waals surface area contributed by atoms with Crippen LogP contribution in [0.4, 0.5) is 0 Å². The van der Waals surface area contributed by atoms with E-state index in [2.05, 4.69) is 25.6 Å². The number of aromatic nitrogens is 3. The maximum atomic E-state index is 12.6. The minimum atomic E-state index is -1.12. The molecule has 3 atom stereocenters. The first-order chi connectivity index (χ1) is 15.1. The number of carboxylic acids is 1. The van der Waals surface area contributed by atoms with Crippen molar-refractivity contribution < 1.29 is 23.9 Å². The molecule has 3 heterocycles. The number of hydrogen-bond donors (Lipinski definition) is 4. The molecule has 3 rings (SSSR count). The first kappa shape index (κ1) is 23.5. The number of aromatic carboxylic acids is 1. The van der Waals surface area contributed by atoms with Crippen molar-refractivity contribution >= 4 is 40.5 Å². The molecule has 13 heteroatoms. The fourth-order valence-corrected chi connectivity index (χ4v) is 4.26. The summed E-state index contributed by atoms with van der Waals surface area (Å²) in [6, 6.07) is -1.40. The summed E-state index contributed by atoms with van der Waals surface area (Å²) in [5.41, 5.74) is 6.01. The lowest BCUT2D eigenvalue weighted by Crippen LogP contribution is -2.28. The van der Waals surface area contributed by atoms with Gasteiger partial charge in [0.25, 0.3) is 11.8 Å². The van der Waals surface area contributed by atoms with Gasteiger partial charge in [0.2, 0.25) is 5.89 Å². The highest BCUT2D eigenvalue weighted by atomic mass is 32.1. The van der Waals surface area contributed by atoms with Crippen LogP contribution < -0.4 is 16.4 Å². The third-order valence-electron chi connectivity index (χ3n) is 4.35. The highest BCUT2D eigenvalue weighted by Crippen LogP contribution is 2.22. The van der Waals surface area contributed by atoms with E-state index in [-0.39, 0.29) is 23.0 Å². The van der Waals surface area contributed by atoms with Gasteiger partial charge in [-0.2, -0.15) is 0 Å². The molecule has 0 saturated carbocycles. The molecule has 0 aliphatic rings. The smallest absolute Gasteiger partial charge is 0.355 e. The van der Waals surface area contributed by atoms with Crippen LogP contribution in [0, 0.1) is 6.92 Å². The number of hydrogen-bond acceptors (Lipinski definition) is 10. The van der Waals surface area contributed by atoms with Gasteiger partial charge in [-0.15, -0.1) is 22.7 Å². The number of nitrogens with zero attached hydrogens (tertiary/aromatic N) is 3. The Morgan fingerprint density at radius 2 is 1.50 bits per heavy atom. The lowest BCUT2D eigenvalue weighted by atomic mass is 10.3. The molecule has 32 heavy (non-hydrogen) atoms. The maximum absolute atomic E-state index is 12.6. The first-order valence-electron chi connectivity index (χ1n) is 9.55. The Morgan fingerprint density at radius 3 is 2.00 bits per heavy atom. The predicted octanol–water partition coefficient (Wildman–Crippen LogP) is 2.60. The van der Waals surface area contributed by atoms with Crippen LogP contribution in [-0.4, -0.2) is 37.8 Å². The number of amides is 2. The fourth-order valence-electron chi connectivity index (χ4n) is 2.66. The number of aryl methyl sites for hydroxylation is 1. The topological polar surface area (TPSA) is 173 Å². The minimum absolute atomic E-state index is 0.0676. The number of carbonyl (C=O) groups is 3. The quantitative estimate of drug-likeness (QED) is 0.379. The molecule has 3 aromatic heterocycles. The number of oxazole rings is 1.